The summed E-state index contributed by atoms with van der Waals surface area (Å²) in [6.45, 7) is 5.65. The number of imidazole rings is 1. The summed E-state index contributed by atoms with van der Waals surface area (Å²) in [6, 6.07) is 21.7. The van der Waals surface area contributed by atoms with E-state index < -0.39 is 59.2 Å². The first kappa shape index (κ1) is 47.0. The molecule has 0 N–H and O–H groups in total. The van der Waals surface area contributed by atoms with Crippen LogP contribution in [0.1, 0.15) is 73.2 Å². The molecule has 4 aromatic carbocycles. The van der Waals surface area contributed by atoms with Gasteiger partial charge >= 0.3 is 24.4 Å². The molecule has 2 aliphatic rings. The van der Waals surface area contributed by atoms with Crippen molar-refractivity contribution >= 4 is 35.0 Å². The van der Waals surface area contributed by atoms with Crippen molar-refractivity contribution in [3.8, 4) is 12.1 Å². The number of alkyl halides is 6. The Bertz CT molecular complexity index is 2730. The zero-order chi connectivity index (χ0) is 48.5. The summed E-state index contributed by atoms with van der Waals surface area (Å²) in [4.78, 5) is 61.1. The SMILES string of the molecule is CC(=O)C1=C(C)N(c2cccc(C(F)(F)F)c2)C(=O)N(CCn2cc[n+](CCN3C(=O)N(c4cccc(C(F)(F)F)c4)C(C)=C(C(C)=O)C3c3ccc(C#N)cc3)c2)C1c1ccc(C#N)cc1. The van der Waals surface area contributed by atoms with Gasteiger partial charge in [-0.1, -0.05) is 36.4 Å². The molecule has 67 heavy (non-hydrogen) atoms. The molecule has 5 aromatic rings. The molecule has 2 aliphatic heterocycles. The fourth-order valence-corrected chi connectivity index (χ4v) is 8.63. The molecule has 0 bridgehead atoms. The van der Waals surface area contributed by atoms with Gasteiger partial charge in [0.2, 0.25) is 6.33 Å². The van der Waals surface area contributed by atoms with E-state index in [9.17, 15) is 56.0 Å². The number of benzene rings is 4. The van der Waals surface area contributed by atoms with Crippen LogP contribution in [0.3, 0.4) is 0 Å². The second-order valence-corrected chi connectivity index (χ2v) is 16.0. The van der Waals surface area contributed by atoms with Crippen molar-refractivity contribution in [1.82, 2.24) is 14.4 Å². The van der Waals surface area contributed by atoms with Gasteiger partial charge in [-0.15, -0.1) is 0 Å². The van der Waals surface area contributed by atoms with Gasteiger partial charge in [0.1, 0.15) is 25.5 Å². The highest BCUT2D eigenvalue weighted by atomic mass is 19.4. The number of urea groups is 2. The zero-order valence-electron chi connectivity index (χ0n) is 36.4. The van der Waals surface area contributed by atoms with E-state index in [1.54, 1.807) is 52.1 Å². The number of carbonyl (C=O) groups excluding carboxylic acids is 4. The Morgan fingerprint density at radius 1 is 0.627 bits per heavy atom. The molecule has 0 fully saturated rings. The predicted molar refractivity (Wildman–Crippen MR) is 231 cm³/mol. The van der Waals surface area contributed by atoms with E-state index in [4.69, 9.17) is 0 Å². The fraction of sp³-hybridized carbons (Fsp3) is 0.245. The van der Waals surface area contributed by atoms with E-state index in [2.05, 4.69) is 0 Å². The monoisotopic (exact) mass is 919 g/mol. The maximum atomic E-state index is 14.6. The quantitative estimate of drug-likeness (QED) is 0.0903. The fourth-order valence-electron chi connectivity index (χ4n) is 8.63. The second kappa shape index (κ2) is 18.5. The third-order valence-corrected chi connectivity index (χ3v) is 11.8. The number of hydrogen-bond donors (Lipinski definition) is 0. The van der Waals surface area contributed by atoms with Gasteiger partial charge in [0, 0.05) is 22.5 Å². The summed E-state index contributed by atoms with van der Waals surface area (Å²) in [5.74, 6) is -0.868. The van der Waals surface area contributed by atoms with Crippen molar-refractivity contribution in [2.24, 2.45) is 0 Å². The molecule has 0 aliphatic carbocycles. The Kier molecular flexibility index (Phi) is 13.0. The lowest BCUT2D eigenvalue weighted by molar-refractivity contribution is -0.695. The molecule has 2 atom stereocenters. The molecule has 0 saturated heterocycles. The lowest BCUT2D eigenvalue weighted by atomic mass is 9.90. The molecule has 342 valence electrons. The highest BCUT2D eigenvalue weighted by Gasteiger charge is 2.44. The van der Waals surface area contributed by atoms with Gasteiger partial charge in [-0.05, 0) is 99.5 Å². The van der Waals surface area contributed by atoms with Gasteiger partial charge in [0.15, 0.2) is 11.6 Å². The van der Waals surface area contributed by atoms with Gasteiger partial charge in [-0.2, -0.15) is 36.9 Å². The molecule has 2 unspecified atom stereocenters. The van der Waals surface area contributed by atoms with Crippen LogP contribution in [0.25, 0.3) is 0 Å². The molecule has 0 saturated carbocycles. The Morgan fingerprint density at radius 2 is 1.04 bits per heavy atom. The topological polar surface area (TPSA) is 138 Å². The molecular formula is C49H41F6N8O4+. The van der Waals surface area contributed by atoms with Gasteiger partial charge in [-0.25, -0.2) is 18.7 Å². The van der Waals surface area contributed by atoms with E-state index in [1.165, 1.54) is 86.0 Å². The third-order valence-electron chi connectivity index (χ3n) is 11.8. The number of nitrogens with zero attached hydrogens (tertiary/aromatic N) is 8. The van der Waals surface area contributed by atoms with Gasteiger partial charge < -0.3 is 9.80 Å². The maximum absolute atomic E-state index is 14.6. The first-order chi connectivity index (χ1) is 31.7. The Balaban J connectivity index is 1.21. The van der Waals surface area contributed by atoms with E-state index in [0.717, 1.165) is 34.1 Å². The zero-order valence-corrected chi connectivity index (χ0v) is 36.4. The van der Waals surface area contributed by atoms with E-state index in [-0.39, 0.29) is 60.1 Å². The molecular weight excluding hydrogens is 879 g/mol. The summed E-state index contributed by atoms with van der Waals surface area (Å²) in [5.41, 5.74) is 0.0142. The minimum atomic E-state index is -4.72. The summed E-state index contributed by atoms with van der Waals surface area (Å²) in [7, 11) is 0. The van der Waals surface area contributed by atoms with E-state index in [1.807, 2.05) is 12.1 Å². The second-order valence-electron chi connectivity index (χ2n) is 16.0. The number of aromatic nitrogens is 2. The minimum absolute atomic E-state index is 0.0684. The molecule has 3 heterocycles. The van der Waals surface area contributed by atoms with E-state index in [0.29, 0.717) is 22.3 Å². The lowest BCUT2D eigenvalue weighted by Crippen LogP contribution is -2.53. The molecule has 0 spiro atoms. The van der Waals surface area contributed by atoms with Gasteiger partial charge in [0.05, 0.1) is 70.9 Å². The van der Waals surface area contributed by atoms with Crippen LogP contribution in [0, 0.1) is 22.7 Å². The van der Waals surface area contributed by atoms with Gasteiger partial charge in [0.25, 0.3) is 0 Å². The van der Waals surface area contributed by atoms with Crippen molar-refractivity contribution in [1.29, 1.82) is 10.5 Å². The number of anilines is 2. The summed E-state index contributed by atoms with van der Waals surface area (Å²) in [6.07, 6.45) is -4.41. The Morgan fingerprint density at radius 3 is 1.43 bits per heavy atom. The lowest BCUT2D eigenvalue weighted by Gasteiger charge is -2.43. The van der Waals surface area contributed by atoms with Crippen molar-refractivity contribution in [2.75, 3.05) is 22.9 Å². The van der Waals surface area contributed by atoms with Crippen LogP contribution in [0.5, 0.6) is 0 Å². The van der Waals surface area contributed by atoms with Crippen LogP contribution >= 0.6 is 0 Å². The Hall–Kier alpha value is -7.99. The van der Waals surface area contributed by atoms with Crippen molar-refractivity contribution in [3.63, 3.8) is 0 Å². The number of rotatable bonds is 12. The van der Waals surface area contributed by atoms with Crippen LogP contribution in [-0.4, -0.2) is 51.1 Å². The normalized spacial score (nSPS) is 17.0. The summed E-state index contributed by atoms with van der Waals surface area (Å²) < 4.78 is 86.7. The van der Waals surface area contributed by atoms with Crippen molar-refractivity contribution < 1.29 is 50.1 Å². The maximum Gasteiger partial charge on any atom is 0.416 e. The molecule has 1 aromatic heterocycles. The molecule has 4 amide bonds. The van der Waals surface area contributed by atoms with Crippen LogP contribution in [-0.2, 0) is 35.0 Å². The average Bonchev–Trinajstić information content (AvgIpc) is 3.75. The number of ketones is 2. The first-order valence-electron chi connectivity index (χ1n) is 20.8. The average molecular weight is 920 g/mol. The van der Waals surface area contributed by atoms with Crippen molar-refractivity contribution in [3.05, 3.63) is 172 Å². The third kappa shape index (κ3) is 9.42. The Labute approximate surface area is 381 Å². The number of amides is 4. The molecule has 7 rings (SSSR count). The largest absolute Gasteiger partial charge is 0.416 e. The minimum Gasteiger partial charge on any atom is -0.309 e. The number of halogens is 6. The standard InChI is InChI=1S/C49H41F6N8O4/c1-30-42(32(3)64)44(36-15-11-34(27-56)12-16-36)60(46(66)62(30)40-9-5-7-38(25-40)48(50,51)52)23-21-58-19-20-59(29-58)22-24-61-45(37-17-13-35(28-57)14-18-37)43(33(4)65)31(2)63(47(61)67)41-10-6-8-39(26-41)49(53,54)55/h5-20,25-26,29,44-45H,21-24H2,1-4H3/q+1. The molecule has 18 heteroatoms. The van der Waals surface area contributed by atoms with Crippen LogP contribution in [0.2, 0.25) is 0 Å². The number of nitriles is 2. The first-order valence-corrected chi connectivity index (χ1v) is 20.8. The van der Waals surface area contributed by atoms with Crippen LogP contribution in [0.4, 0.5) is 47.3 Å². The van der Waals surface area contributed by atoms with Crippen LogP contribution < -0.4 is 14.4 Å². The molecule has 12 nitrogen and oxygen atoms in total. The number of hydrogen-bond acceptors (Lipinski definition) is 6. The highest BCUT2D eigenvalue weighted by Crippen LogP contribution is 2.43. The smallest absolute Gasteiger partial charge is 0.309 e. The van der Waals surface area contributed by atoms with Crippen molar-refractivity contribution in [2.45, 2.75) is 65.2 Å². The van der Waals surface area contributed by atoms with Gasteiger partial charge in [-0.3, -0.25) is 19.4 Å². The summed E-state index contributed by atoms with van der Waals surface area (Å²) in [5, 5.41) is 18.9. The number of Topliss-reactive ketones (excluding diaryl/α,β-unsaturated/α-hetero) is 2. The number of allylic oxidation sites excluding steroid dienone is 2. The van der Waals surface area contributed by atoms with E-state index >= 15 is 0 Å². The number of carbonyl (C=O) groups is 4. The predicted octanol–water partition coefficient (Wildman–Crippen LogP) is 9.65. The summed E-state index contributed by atoms with van der Waals surface area (Å²) >= 11 is 0. The van der Waals surface area contributed by atoms with Crippen LogP contribution in [0.15, 0.2) is 138 Å². The highest BCUT2D eigenvalue weighted by molar-refractivity contribution is 6.06. The molecule has 0 radical (unpaired) electrons.